The van der Waals surface area contributed by atoms with Crippen LogP contribution in [0.25, 0.3) is 0 Å². The molecule has 0 amide bonds. The van der Waals surface area contributed by atoms with Gasteiger partial charge in [0.05, 0.1) is 0 Å². The van der Waals surface area contributed by atoms with E-state index in [1.807, 2.05) is 18.4 Å². The van der Waals surface area contributed by atoms with Gasteiger partial charge in [-0.05, 0) is 89.5 Å². The lowest BCUT2D eigenvalue weighted by molar-refractivity contribution is -0.455. The van der Waals surface area contributed by atoms with E-state index in [9.17, 15) is 0 Å². The summed E-state index contributed by atoms with van der Waals surface area (Å²) in [5.74, 6) is 5.76. The van der Waals surface area contributed by atoms with Crippen molar-refractivity contribution in [1.82, 2.24) is 0 Å². The zero-order valence-electron chi connectivity index (χ0n) is 55.4. The highest BCUT2D eigenvalue weighted by molar-refractivity contribution is 5.65. The van der Waals surface area contributed by atoms with Gasteiger partial charge in [-0.25, -0.2) is 0 Å². The van der Waals surface area contributed by atoms with Crippen molar-refractivity contribution < 1.29 is 46.6 Å². The largest absolute Gasteiger partial charge is 0.429 e. The van der Waals surface area contributed by atoms with E-state index < -0.39 is 0 Å². The van der Waals surface area contributed by atoms with Gasteiger partial charge in [0.15, 0.2) is 6.21 Å². The van der Waals surface area contributed by atoms with Crippen LogP contribution in [0, 0.1) is 40.5 Å². The first kappa shape index (κ1) is 64.6. The van der Waals surface area contributed by atoms with Crippen molar-refractivity contribution >= 4 is 60.0 Å². The summed E-state index contributed by atoms with van der Waals surface area (Å²) in [6, 6.07) is 22.1. The third kappa shape index (κ3) is 15.2. The number of nitrogens with zero attached hydrogens (tertiary/aromatic N) is 5. The Labute approximate surface area is 495 Å². The molecule has 0 aliphatic carbocycles. The van der Waals surface area contributed by atoms with Gasteiger partial charge in [0.2, 0.25) is 28.7 Å². The van der Waals surface area contributed by atoms with Crippen molar-refractivity contribution in [3.8, 4) is 28.7 Å². The molecule has 0 fully saturated rings. The molecular weight excluding hydrogens is 1010 g/mol. The summed E-state index contributed by atoms with van der Waals surface area (Å²) in [7, 11) is 0. The smallest absolute Gasteiger partial charge is 0.292 e. The van der Waals surface area contributed by atoms with E-state index in [1.165, 1.54) is 78.4 Å². The van der Waals surface area contributed by atoms with E-state index in [4.69, 9.17) is 23.7 Å². The molecule has 5 aliphatic heterocycles. The lowest BCUT2D eigenvalue weighted by atomic mass is 9.85. The molecule has 0 spiro atoms. The molecule has 0 atom stereocenters. The lowest BCUT2D eigenvalue weighted by Crippen LogP contribution is -2.12. The van der Waals surface area contributed by atoms with E-state index in [0.29, 0.717) is 39.6 Å². The van der Waals surface area contributed by atoms with Crippen molar-refractivity contribution in [2.24, 2.45) is 5.92 Å². The quantitative estimate of drug-likeness (QED) is 0.165. The SMILES string of the molecule is C/C=[N+]1/COc2c1cc(C)cc2C(C)(C)C.C/C=[N+]1/COc2c1cc(C)cc2C(C)(C)C.C=[N+]1COc2c1cc(C)cc2C(C)(C)C.CC/C=[N+]1/COc2c1cc(C)cc2C(C)(C)C.Cc1cc2c(c(C(C)(C)C)c1)OC/[N+]2=C/C(C)C. The van der Waals surface area contributed by atoms with Crippen LogP contribution >= 0.6 is 0 Å². The fourth-order valence-corrected chi connectivity index (χ4v) is 10.7. The number of benzene rings is 5. The molecule has 10 nitrogen and oxygen atoms in total. The third-order valence-corrected chi connectivity index (χ3v) is 14.9. The molecule has 82 heavy (non-hydrogen) atoms. The van der Waals surface area contributed by atoms with Crippen LogP contribution < -0.4 is 23.7 Å². The van der Waals surface area contributed by atoms with E-state index >= 15 is 0 Å². The Balaban J connectivity index is 0.000000165. The summed E-state index contributed by atoms with van der Waals surface area (Å²) in [5, 5.41) is 0. The van der Waals surface area contributed by atoms with Crippen LogP contribution in [-0.4, -0.2) is 88.1 Å². The van der Waals surface area contributed by atoms with E-state index in [-0.39, 0.29) is 27.1 Å². The minimum Gasteiger partial charge on any atom is -0.429 e. The average molecular weight is 1120 g/mol. The standard InChI is InChI=1S/C16H24NO.C15H22NO.2C14H20NO.C13H18NO/c1-11(2)9-17-10-18-15-13(16(4,5)6)7-12(3)8-14(15)17;1-6-7-16-10-17-14-12(15(3,4)5)8-11(2)9-13(14)16;2*1-6-15-9-16-13-11(14(3,4)5)7-10(2)8-12(13)15;1-9-6-10(13(2,3)4)12-11(7-9)14(5)8-15-12/h7-9,11H,10H2,1-6H3;7-9H,6,10H2,1-5H3;2*6-8H,9H2,1-5H3;6-7H,5,8H2,1-4H3/q5*+1/b17-9-;16-7-;2*15-6-;. The molecule has 0 N–H and O–H groups in total. The monoisotopic (exact) mass is 1120 g/mol. The summed E-state index contributed by atoms with van der Waals surface area (Å²) in [6.45, 7) is 61.8. The van der Waals surface area contributed by atoms with E-state index in [1.54, 1.807) is 0 Å². The molecule has 0 bridgehead atoms. The lowest BCUT2D eigenvalue weighted by Gasteiger charge is -2.20. The Hall–Kier alpha value is -6.55. The van der Waals surface area contributed by atoms with Gasteiger partial charge in [-0.15, -0.1) is 0 Å². The predicted molar refractivity (Wildman–Crippen MR) is 344 cm³/mol. The van der Waals surface area contributed by atoms with Crippen LogP contribution in [0.1, 0.15) is 201 Å². The number of hydrogen-bond donors (Lipinski definition) is 0. The van der Waals surface area contributed by atoms with E-state index in [0.717, 1.165) is 40.9 Å². The number of hydrogen-bond acceptors (Lipinski definition) is 5. The molecule has 5 heterocycles. The fourth-order valence-electron chi connectivity index (χ4n) is 10.7. The van der Waals surface area contributed by atoms with Crippen molar-refractivity contribution in [1.29, 1.82) is 0 Å². The van der Waals surface area contributed by atoms with Gasteiger partial charge in [0.1, 0.15) is 25.4 Å². The van der Waals surface area contributed by atoms with Crippen molar-refractivity contribution in [2.45, 2.75) is 207 Å². The van der Waals surface area contributed by atoms with Crippen molar-refractivity contribution in [2.75, 3.05) is 33.7 Å². The van der Waals surface area contributed by atoms with Crippen LogP contribution in [0.2, 0.25) is 0 Å². The van der Waals surface area contributed by atoms with Gasteiger partial charge in [-0.1, -0.05) is 155 Å². The summed E-state index contributed by atoms with van der Waals surface area (Å²) >= 11 is 0. The van der Waals surface area contributed by atoms with Crippen molar-refractivity contribution in [3.05, 3.63) is 116 Å². The van der Waals surface area contributed by atoms with Crippen molar-refractivity contribution in [3.63, 3.8) is 0 Å². The molecule has 5 aliphatic rings. The molecule has 0 unspecified atom stereocenters. The molecule has 5 aromatic rings. The Morgan fingerprint density at radius 2 is 0.634 bits per heavy atom. The van der Waals surface area contributed by atoms with Gasteiger partial charge in [-0.3, -0.25) is 0 Å². The van der Waals surface area contributed by atoms with Crippen LogP contribution in [0.5, 0.6) is 28.7 Å². The van der Waals surface area contributed by atoms with Crippen LogP contribution in [-0.2, 0) is 27.1 Å². The van der Waals surface area contributed by atoms with Gasteiger partial charge < -0.3 is 23.7 Å². The van der Waals surface area contributed by atoms with Crippen LogP contribution in [0.4, 0.5) is 28.4 Å². The molecule has 10 rings (SSSR count). The first-order valence-corrected chi connectivity index (χ1v) is 29.8. The number of ether oxygens (including phenoxy) is 5. The highest BCUT2D eigenvalue weighted by Gasteiger charge is 2.37. The van der Waals surface area contributed by atoms with Crippen LogP contribution in [0.15, 0.2) is 60.7 Å². The predicted octanol–water partition coefficient (Wildman–Crippen LogP) is 17.5. The second kappa shape index (κ2) is 25.1. The maximum absolute atomic E-state index is 5.92. The summed E-state index contributed by atoms with van der Waals surface area (Å²) in [5.41, 5.74) is 19.5. The Morgan fingerprint density at radius 3 is 0.915 bits per heavy atom. The Kier molecular flexibility index (Phi) is 19.8. The second-order valence-electron chi connectivity index (χ2n) is 28.3. The van der Waals surface area contributed by atoms with E-state index in [2.05, 4.69) is 270 Å². The van der Waals surface area contributed by atoms with Gasteiger partial charge >= 0.3 is 0 Å². The molecule has 0 saturated heterocycles. The minimum absolute atomic E-state index is 0.112. The topological polar surface area (TPSA) is 61.2 Å². The zero-order chi connectivity index (χ0) is 61.2. The minimum atomic E-state index is 0.112. The summed E-state index contributed by atoms with van der Waals surface area (Å²) < 4.78 is 39.7. The Morgan fingerprint density at radius 1 is 0.390 bits per heavy atom. The molecule has 10 heteroatoms. The summed E-state index contributed by atoms with van der Waals surface area (Å²) in [4.78, 5) is 0. The van der Waals surface area contributed by atoms with Crippen LogP contribution in [0.3, 0.4) is 0 Å². The van der Waals surface area contributed by atoms with Gasteiger partial charge in [-0.2, -0.15) is 22.9 Å². The second-order valence-corrected chi connectivity index (χ2v) is 28.3. The number of aryl methyl sites for hydroxylation is 5. The molecule has 0 aromatic heterocycles. The maximum atomic E-state index is 5.92. The molecular formula is C72H104N5O5+5. The fraction of sp³-hybridized carbons (Fsp3) is 0.514. The van der Waals surface area contributed by atoms with Gasteiger partial charge in [0.25, 0.3) is 62.1 Å². The number of fused-ring (bicyclic) bond motifs is 5. The molecule has 0 radical (unpaired) electrons. The average Bonchev–Trinajstić information content (AvgIpc) is 4.41. The first-order chi connectivity index (χ1) is 38.0. The molecule has 442 valence electrons. The maximum Gasteiger partial charge on any atom is 0.292 e. The van der Waals surface area contributed by atoms with Gasteiger partial charge in [0, 0.05) is 84.3 Å². The zero-order valence-corrected chi connectivity index (χ0v) is 55.4. The first-order valence-electron chi connectivity index (χ1n) is 29.8. The molecule has 5 aromatic carbocycles. The third-order valence-electron chi connectivity index (χ3n) is 14.9. The molecule has 0 saturated carbocycles. The highest BCUT2D eigenvalue weighted by atomic mass is 16.5. The number of rotatable bonds is 2. The summed E-state index contributed by atoms with van der Waals surface area (Å²) in [6.07, 6.45) is 9.59. The normalized spacial score (nSPS) is 16.9. The highest BCUT2D eigenvalue weighted by Crippen LogP contribution is 2.47. The Bertz CT molecular complexity index is 3230.